The van der Waals surface area contributed by atoms with Gasteiger partial charge < -0.3 is 4.42 Å². The molecule has 0 saturated heterocycles. The van der Waals surface area contributed by atoms with Gasteiger partial charge in [0.05, 0.1) is 5.69 Å². The predicted molar refractivity (Wildman–Crippen MR) is 100 cm³/mol. The Bertz CT molecular complexity index is 1150. The van der Waals surface area contributed by atoms with E-state index >= 15 is 0 Å². The fourth-order valence-corrected chi connectivity index (χ4v) is 3.34. The van der Waals surface area contributed by atoms with Crippen molar-refractivity contribution in [3.63, 3.8) is 0 Å². The zero-order chi connectivity index (χ0) is 18.1. The Morgan fingerprint density at radius 3 is 2.85 bits per heavy atom. The number of pyridine rings is 1. The van der Waals surface area contributed by atoms with Crippen LogP contribution < -0.4 is 5.56 Å². The lowest BCUT2D eigenvalue weighted by Gasteiger charge is -2.05. The van der Waals surface area contributed by atoms with Crippen molar-refractivity contribution in [2.24, 2.45) is 0 Å². The van der Waals surface area contributed by atoms with Gasteiger partial charge >= 0.3 is 0 Å². The maximum atomic E-state index is 12.2. The first-order chi connectivity index (χ1) is 12.6. The van der Waals surface area contributed by atoms with Crippen molar-refractivity contribution in [2.45, 2.75) is 24.8 Å². The second kappa shape index (κ2) is 6.76. The van der Waals surface area contributed by atoms with E-state index in [2.05, 4.69) is 15.2 Å². The third-order valence-corrected chi connectivity index (χ3v) is 4.81. The molecule has 3 heterocycles. The van der Waals surface area contributed by atoms with Gasteiger partial charge in [0.25, 0.3) is 10.8 Å². The van der Waals surface area contributed by atoms with Crippen molar-refractivity contribution in [3.05, 3.63) is 75.8 Å². The smallest absolute Gasteiger partial charge is 0.277 e. The molecule has 0 bridgehead atoms. The van der Waals surface area contributed by atoms with Crippen LogP contribution in [0.5, 0.6) is 0 Å². The molecule has 7 heteroatoms. The van der Waals surface area contributed by atoms with E-state index in [-0.39, 0.29) is 5.56 Å². The Kier molecular flexibility index (Phi) is 4.30. The first-order valence-electron chi connectivity index (χ1n) is 8.11. The number of hydrogen-bond acceptors (Lipinski definition) is 6. The number of rotatable bonds is 4. The third-order valence-electron chi connectivity index (χ3n) is 3.95. The molecule has 0 aliphatic carbocycles. The topological polar surface area (TPSA) is 73.3 Å². The van der Waals surface area contributed by atoms with Gasteiger partial charge in [0.15, 0.2) is 0 Å². The molecule has 4 aromatic rings. The van der Waals surface area contributed by atoms with Crippen LogP contribution >= 0.6 is 11.8 Å². The van der Waals surface area contributed by atoms with E-state index in [1.165, 1.54) is 17.8 Å². The summed E-state index contributed by atoms with van der Waals surface area (Å²) in [5.74, 6) is 0.966. The van der Waals surface area contributed by atoms with E-state index in [1.807, 2.05) is 50.2 Å². The molecule has 0 aliphatic rings. The molecule has 0 saturated carbocycles. The minimum Gasteiger partial charge on any atom is -0.411 e. The monoisotopic (exact) mass is 364 g/mol. The molecule has 26 heavy (non-hydrogen) atoms. The molecule has 0 amide bonds. The molecule has 1 aromatic carbocycles. The second-order valence-electron chi connectivity index (χ2n) is 6.00. The summed E-state index contributed by atoms with van der Waals surface area (Å²) in [6, 6.07) is 13.2. The highest BCUT2D eigenvalue weighted by Crippen LogP contribution is 2.25. The highest BCUT2D eigenvalue weighted by Gasteiger charge is 2.11. The molecule has 0 unspecified atom stereocenters. The van der Waals surface area contributed by atoms with Crippen molar-refractivity contribution in [1.82, 2.24) is 19.6 Å². The molecule has 6 nitrogen and oxygen atoms in total. The molecule has 4 rings (SSSR count). The zero-order valence-electron chi connectivity index (χ0n) is 14.3. The van der Waals surface area contributed by atoms with Crippen LogP contribution in [-0.4, -0.2) is 19.6 Å². The van der Waals surface area contributed by atoms with Crippen LogP contribution in [0.2, 0.25) is 0 Å². The Morgan fingerprint density at radius 2 is 2.00 bits per heavy atom. The van der Waals surface area contributed by atoms with E-state index in [1.54, 1.807) is 10.6 Å². The summed E-state index contributed by atoms with van der Waals surface area (Å²) in [7, 11) is 0. The van der Waals surface area contributed by atoms with Gasteiger partial charge in [-0.05, 0) is 37.6 Å². The largest absolute Gasteiger partial charge is 0.411 e. The van der Waals surface area contributed by atoms with Gasteiger partial charge in [-0.2, -0.15) is 0 Å². The van der Waals surface area contributed by atoms with Crippen molar-refractivity contribution in [2.75, 3.05) is 0 Å². The van der Waals surface area contributed by atoms with Gasteiger partial charge in [-0.3, -0.25) is 9.20 Å². The number of aromatic nitrogens is 4. The Balaban J connectivity index is 1.56. The fraction of sp³-hybridized carbons (Fsp3) is 0.158. The summed E-state index contributed by atoms with van der Waals surface area (Å²) in [6.45, 7) is 3.95. The molecular weight excluding hydrogens is 348 g/mol. The lowest BCUT2D eigenvalue weighted by molar-refractivity contribution is 0.465. The Labute approximate surface area is 153 Å². The lowest BCUT2D eigenvalue weighted by Crippen LogP contribution is -2.15. The van der Waals surface area contributed by atoms with E-state index in [0.717, 1.165) is 16.7 Å². The van der Waals surface area contributed by atoms with Crippen LogP contribution in [0.15, 0.2) is 63.1 Å². The average molecular weight is 364 g/mol. The van der Waals surface area contributed by atoms with Gasteiger partial charge in [-0.25, -0.2) is 4.98 Å². The van der Waals surface area contributed by atoms with Crippen molar-refractivity contribution in [1.29, 1.82) is 0 Å². The van der Waals surface area contributed by atoms with Crippen molar-refractivity contribution >= 4 is 17.4 Å². The number of benzene rings is 1. The Morgan fingerprint density at radius 1 is 1.12 bits per heavy atom. The summed E-state index contributed by atoms with van der Waals surface area (Å²) in [5, 5.41) is 8.62. The molecule has 0 fully saturated rings. The average Bonchev–Trinajstić information content (AvgIpc) is 3.10. The number of fused-ring (bicyclic) bond motifs is 1. The fourth-order valence-electron chi connectivity index (χ4n) is 2.68. The second-order valence-corrected chi connectivity index (χ2v) is 6.93. The maximum absolute atomic E-state index is 12.2. The third kappa shape index (κ3) is 3.25. The molecule has 0 atom stereocenters. The van der Waals surface area contributed by atoms with E-state index in [4.69, 9.17) is 4.42 Å². The van der Waals surface area contributed by atoms with Crippen LogP contribution in [-0.2, 0) is 5.75 Å². The van der Waals surface area contributed by atoms with Crippen molar-refractivity contribution < 1.29 is 4.42 Å². The van der Waals surface area contributed by atoms with Crippen LogP contribution in [0.1, 0.15) is 16.8 Å². The molecule has 0 N–H and O–H groups in total. The minimum atomic E-state index is -0.0970. The highest BCUT2D eigenvalue weighted by atomic mass is 32.2. The SMILES string of the molecule is Cc1cccc(-c2nnc(SCc3cc(=O)n4cccc(C)c4n3)o2)c1. The zero-order valence-corrected chi connectivity index (χ0v) is 15.2. The lowest BCUT2D eigenvalue weighted by atomic mass is 10.1. The van der Waals surface area contributed by atoms with Crippen LogP contribution in [0.25, 0.3) is 17.1 Å². The molecule has 0 radical (unpaired) electrons. The summed E-state index contributed by atoms with van der Waals surface area (Å²) in [4.78, 5) is 16.8. The Hall–Kier alpha value is -2.93. The highest BCUT2D eigenvalue weighted by molar-refractivity contribution is 7.98. The van der Waals surface area contributed by atoms with E-state index in [9.17, 15) is 4.79 Å². The van der Waals surface area contributed by atoms with Crippen LogP contribution in [0.4, 0.5) is 0 Å². The summed E-state index contributed by atoms with van der Waals surface area (Å²) in [6.07, 6.45) is 1.72. The summed E-state index contributed by atoms with van der Waals surface area (Å²) < 4.78 is 7.27. The van der Waals surface area contributed by atoms with Gasteiger partial charge in [0.2, 0.25) is 5.89 Å². The van der Waals surface area contributed by atoms with Crippen LogP contribution in [0, 0.1) is 13.8 Å². The molecule has 0 spiro atoms. The quantitative estimate of drug-likeness (QED) is 0.515. The van der Waals surface area contributed by atoms with Crippen LogP contribution in [0.3, 0.4) is 0 Å². The normalized spacial score (nSPS) is 11.2. The van der Waals surface area contributed by atoms with Gasteiger partial charge in [-0.15, -0.1) is 10.2 Å². The maximum Gasteiger partial charge on any atom is 0.277 e. The first kappa shape index (κ1) is 16.5. The number of nitrogens with zero attached hydrogens (tertiary/aromatic N) is 4. The number of hydrogen-bond donors (Lipinski definition) is 0. The molecule has 130 valence electrons. The molecule has 3 aromatic heterocycles. The van der Waals surface area contributed by atoms with E-state index in [0.29, 0.717) is 28.2 Å². The summed E-state index contributed by atoms with van der Waals surface area (Å²) >= 11 is 1.37. The number of aryl methyl sites for hydroxylation is 2. The molecule has 0 aliphatic heterocycles. The van der Waals surface area contributed by atoms with Gasteiger partial charge in [0.1, 0.15) is 5.65 Å². The molecular formula is C19H16N4O2S. The van der Waals surface area contributed by atoms with Gasteiger partial charge in [0, 0.05) is 23.6 Å². The first-order valence-corrected chi connectivity index (χ1v) is 9.10. The van der Waals surface area contributed by atoms with E-state index < -0.39 is 0 Å². The summed E-state index contributed by atoms with van der Waals surface area (Å²) in [5.41, 5.74) is 4.23. The standard InChI is InChI=1S/C19H16N4O2S/c1-12-5-3-7-14(9-12)18-21-22-19(25-18)26-11-15-10-16(24)23-8-4-6-13(2)17(23)20-15/h3-10H,11H2,1-2H3. The number of thioether (sulfide) groups is 1. The minimum absolute atomic E-state index is 0.0970. The predicted octanol–water partition coefficient (Wildman–Crippen LogP) is 3.65. The van der Waals surface area contributed by atoms with Gasteiger partial charge in [-0.1, -0.05) is 35.5 Å². The van der Waals surface area contributed by atoms with Crippen molar-refractivity contribution in [3.8, 4) is 11.5 Å².